The van der Waals surface area contributed by atoms with Gasteiger partial charge in [-0.3, -0.25) is 36.5 Å². The van der Waals surface area contributed by atoms with E-state index in [4.69, 9.17) is 0 Å². The molecule has 0 saturated carbocycles. The molecule has 0 spiro atoms. The van der Waals surface area contributed by atoms with E-state index in [0.29, 0.717) is 0 Å². The number of hydrogen-bond acceptors (Lipinski definition) is 8. The SMILES string of the molecule is O=P(O)(O)C([N+](C(P(=O)(O)O)P(=O)(O)O)(C(P(=O)(O)O)P(=O)(O)O)C(P(=O)(O)O)P(=O)(O)O)P(=O)(O)O. The van der Waals surface area contributed by atoms with Gasteiger partial charge in [-0.25, -0.2) is 4.48 Å². The molecule has 25 nitrogen and oxygen atoms in total. The van der Waals surface area contributed by atoms with Gasteiger partial charge in [0.25, 0.3) is 22.1 Å². The minimum absolute atomic E-state index is 4.97. The van der Waals surface area contributed by atoms with Crippen molar-refractivity contribution >= 4 is 60.8 Å². The first-order valence-corrected chi connectivity index (χ1v) is 21.2. The Hall–Kier alpha value is 1.16. The highest BCUT2D eigenvalue weighted by Gasteiger charge is 2.84. The molecule has 0 aliphatic carbocycles. The van der Waals surface area contributed by atoms with Crippen LogP contribution in [-0.2, 0) is 36.5 Å². The molecule has 0 aromatic heterocycles. The van der Waals surface area contributed by atoms with Crippen LogP contribution in [0.15, 0.2) is 0 Å². The van der Waals surface area contributed by atoms with Crippen LogP contribution in [0.1, 0.15) is 0 Å². The predicted octanol–water partition coefficient (Wildman–Crippen LogP) is -3.64. The largest absolute Gasteiger partial charge is 0.395 e. The quantitative estimate of drug-likeness (QED) is 0.0684. The zero-order chi connectivity index (χ0) is 30.8. The Bertz CT molecular complexity index is 964. The van der Waals surface area contributed by atoms with Gasteiger partial charge in [0.05, 0.1) is 0 Å². The Morgan fingerprint density at radius 1 is 0.270 bits per heavy atom. The van der Waals surface area contributed by atoms with Crippen LogP contribution in [0, 0.1) is 0 Å². The van der Waals surface area contributed by atoms with Crippen molar-refractivity contribution in [2.45, 2.75) is 22.1 Å². The van der Waals surface area contributed by atoms with E-state index < -0.39 is 87.3 Å². The summed E-state index contributed by atoms with van der Waals surface area (Å²) in [6.07, 6.45) is 0. The average molecular weight is 714 g/mol. The van der Waals surface area contributed by atoms with Crippen molar-refractivity contribution in [3.63, 3.8) is 0 Å². The first kappa shape index (κ1) is 38.2. The normalized spacial score (nSPS) is 16.3. The summed E-state index contributed by atoms with van der Waals surface area (Å²) in [7, 11) is -59.6. The molecule has 0 aliphatic rings. The minimum atomic E-state index is -7.45. The molecule has 0 aromatic carbocycles. The monoisotopic (exact) mass is 714 g/mol. The standard InChI is InChI=1S/C4H19NO24P8/c6-30(7,8)1(31(9,10)11)5(2(32(12,13)14)33(15,16)17,3(34(18,19)20)35(21,22)23)4(36(24,25)26)37(27,28)29/h1-4H,(H15-,6,7,8,9,10,11,12,13,14,15,16,17,18,19,20,21,22,23,24,25,26,27,28,29)/p+1. The van der Waals surface area contributed by atoms with Crippen molar-refractivity contribution < 1.29 is 119 Å². The van der Waals surface area contributed by atoms with E-state index in [2.05, 4.69) is 0 Å². The highest BCUT2D eigenvalue weighted by Crippen LogP contribution is 2.84. The van der Waals surface area contributed by atoms with E-state index in [1.165, 1.54) is 0 Å². The van der Waals surface area contributed by atoms with E-state index in [-0.39, 0.29) is 0 Å². The molecular formula is C4H20NO24P8+. The second kappa shape index (κ2) is 10.8. The molecule has 0 aromatic rings. The summed E-state index contributed by atoms with van der Waals surface area (Å²) in [6.45, 7) is 0. The van der Waals surface area contributed by atoms with Crippen molar-refractivity contribution in [2.75, 3.05) is 0 Å². The van der Waals surface area contributed by atoms with Gasteiger partial charge < -0.3 is 78.3 Å². The van der Waals surface area contributed by atoms with Crippen molar-refractivity contribution in [1.29, 1.82) is 0 Å². The van der Waals surface area contributed by atoms with Crippen LogP contribution < -0.4 is 0 Å². The lowest BCUT2D eigenvalue weighted by Crippen LogP contribution is -2.69. The van der Waals surface area contributed by atoms with Crippen molar-refractivity contribution in [1.82, 2.24) is 0 Å². The molecule has 224 valence electrons. The van der Waals surface area contributed by atoms with Gasteiger partial charge >= 0.3 is 60.8 Å². The van der Waals surface area contributed by atoms with Crippen LogP contribution in [0.2, 0.25) is 0 Å². The molecule has 0 radical (unpaired) electrons. The molecule has 33 heteroatoms. The first-order chi connectivity index (χ1) is 15.5. The molecule has 0 atom stereocenters. The van der Waals surface area contributed by atoms with Gasteiger partial charge in [0.15, 0.2) is 0 Å². The van der Waals surface area contributed by atoms with E-state index >= 15 is 0 Å². The fourth-order valence-corrected chi connectivity index (χ4v) is 19.7. The Balaban J connectivity index is 9.64. The van der Waals surface area contributed by atoms with Crippen LogP contribution >= 0.6 is 60.8 Å². The maximum atomic E-state index is 12.2. The number of nitrogens with zero attached hydrogens (tertiary/aromatic N) is 1. The summed E-state index contributed by atoms with van der Waals surface area (Å²) in [6, 6.07) is 0. The zero-order valence-corrected chi connectivity index (χ0v) is 23.9. The Kier molecular flexibility index (Phi) is 11.1. The lowest BCUT2D eigenvalue weighted by molar-refractivity contribution is -0.932. The summed E-state index contributed by atoms with van der Waals surface area (Å²) in [5.41, 5.74) is -20.7. The van der Waals surface area contributed by atoms with Gasteiger partial charge in [-0.1, -0.05) is 0 Å². The Morgan fingerprint density at radius 2 is 0.351 bits per heavy atom. The van der Waals surface area contributed by atoms with Crippen molar-refractivity contribution in [2.24, 2.45) is 0 Å². The lowest BCUT2D eigenvalue weighted by atomic mass is 10.7. The summed E-state index contributed by atoms with van der Waals surface area (Å²) in [5, 5.41) is 0. The highest BCUT2D eigenvalue weighted by atomic mass is 31.3. The topological polar surface area (TPSA) is 460 Å². The van der Waals surface area contributed by atoms with Crippen molar-refractivity contribution in [3.05, 3.63) is 0 Å². The van der Waals surface area contributed by atoms with Crippen LogP contribution in [0.3, 0.4) is 0 Å². The predicted molar refractivity (Wildman–Crippen MR) is 112 cm³/mol. The average Bonchev–Trinajstić information content (AvgIpc) is 2.30. The first-order valence-electron chi connectivity index (χ1n) is 7.76. The van der Waals surface area contributed by atoms with Gasteiger partial charge in [-0.15, -0.1) is 0 Å². The molecule has 0 amide bonds. The second-order valence-corrected chi connectivity index (χ2v) is 22.0. The molecule has 0 rings (SSSR count). The van der Waals surface area contributed by atoms with Crippen LogP contribution in [0.4, 0.5) is 0 Å². The molecule has 0 unspecified atom stereocenters. The second-order valence-electron chi connectivity index (χ2n) is 6.99. The van der Waals surface area contributed by atoms with E-state index in [1.54, 1.807) is 0 Å². The van der Waals surface area contributed by atoms with E-state index in [0.717, 1.165) is 0 Å². The van der Waals surface area contributed by atoms with Crippen molar-refractivity contribution in [3.8, 4) is 0 Å². The maximum Gasteiger partial charge on any atom is 0.395 e. The molecule has 37 heavy (non-hydrogen) atoms. The molecular weight excluding hydrogens is 694 g/mol. The minimum Gasteiger partial charge on any atom is -0.320 e. The summed E-state index contributed by atoms with van der Waals surface area (Å²) < 4.78 is 92.4. The van der Waals surface area contributed by atoms with Crippen LogP contribution in [0.5, 0.6) is 0 Å². The van der Waals surface area contributed by atoms with E-state index in [9.17, 15) is 115 Å². The fourth-order valence-electron chi connectivity index (χ4n) is 3.58. The lowest BCUT2D eigenvalue weighted by Gasteiger charge is -2.54. The molecule has 0 saturated heterocycles. The van der Waals surface area contributed by atoms with Gasteiger partial charge in [-0.2, -0.15) is 0 Å². The summed E-state index contributed by atoms with van der Waals surface area (Å²) >= 11 is 0. The third-order valence-electron chi connectivity index (χ3n) is 4.01. The summed E-state index contributed by atoms with van der Waals surface area (Å²) in [5.74, 6) is 0. The number of hydrogen-bond donors (Lipinski definition) is 16. The van der Waals surface area contributed by atoms with Crippen LogP contribution in [-0.4, -0.2) is 105 Å². The van der Waals surface area contributed by atoms with E-state index in [1.807, 2.05) is 0 Å². The molecule has 16 N–H and O–H groups in total. The molecule has 0 aliphatic heterocycles. The zero-order valence-electron chi connectivity index (χ0n) is 16.8. The van der Waals surface area contributed by atoms with Gasteiger partial charge in [0.1, 0.15) is 0 Å². The van der Waals surface area contributed by atoms with Gasteiger partial charge in [0.2, 0.25) is 0 Å². The summed E-state index contributed by atoms with van der Waals surface area (Å²) in [4.78, 5) is 153. The number of rotatable bonds is 12. The molecule has 0 heterocycles. The van der Waals surface area contributed by atoms with Crippen LogP contribution in [0.25, 0.3) is 0 Å². The van der Waals surface area contributed by atoms with Gasteiger partial charge in [-0.05, 0) is 0 Å². The Labute approximate surface area is 202 Å². The Morgan fingerprint density at radius 3 is 0.405 bits per heavy atom. The third kappa shape index (κ3) is 8.58. The smallest absolute Gasteiger partial charge is 0.320 e. The third-order valence-corrected chi connectivity index (χ3v) is 19.2. The number of quaternary nitrogens is 1. The molecule has 0 fully saturated rings. The highest BCUT2D eigenvalue weighted by molar-refractivity contribution is 7.74. The van der Waals surface area contributed by atoms with Gasteiger partial charge in [0, 0.05) is 0 Å². The fraction of sp³-hybridized carbons (Fsp3) is 1.00. The maximum absolute atomic E-state index is 12.2. The molecule has 0 bridgehead atoms.